The molecule has 1 aromatic rings. The molecule has 2 atom stereocenters. The summed E-state index contributed by atoms with van der Waals surface area (Å²) < 4.78 is 1.88. The Kier molecular flexibility index (Phi) is 2.81. The van der Waals surface area contributed by atoms with Crippen LogP contribution >= 0.6 is 0 Å². The fourth-order valence-electron chi connectivity index (χ4n) is 3.33. The van der Waals surface area contributed by atoms with Crippen LogP contribution in [0.4, 0.5) is 0 Å². The molecule has 1 amide bonds. The van der Waals surface area contributed by atoms with Crippen molar-refractivity contribution in [3.05, 3.63) is 46.4 Å². The normalized spacial score (nSPS) is 24.8. The van der Waals surface area contributed by atoms with Gasteiger partial charge in [-0.2, -0.15) is 0 Å². The SMILES string of the molecule is C=C(C)C(=O)N1C[C@@H]2C[C@H](C1)c1cccc(=O)n1C2. The lowest BCUT2D eigenvalue weighted by molar-refractivity contribution is -0.129. The molecule has 0 aromatic carbocycles. The second kappa shape index (κ2) is 4.37. The van der Waals surface area contributed by atoms with E-state index in [1.165, 1.54) is 0 Å². The van der Waals surface area contributed by atoms with Crippen molar-refractivity contribution in [1.82, 2.24) is 9.47 Å². The zero-order valence-corrected chi connectivity index (χ0v) is 11.1. The second-order valence-electron chi connectivity index (χ2n) is 5.69. The maximum atomic E-state index is 12.1. The van der Waals surface area contributed by atoms with E-state index in [-0.39, 0.29) is 17.4 Å². The third-order valence-corrected chi connectivity index (χ3v) is 4.13. The summed E-state index contributed by atoms with van der Waals surface area (Å²) >= 11 is 0. The Morgan fingerprint density at radius 3 is 2.84 bits per heavy atom. The molecule has 1 saturated heterocycles. The highest BCUT2D eigenvalue weighted by Gasteiger charge is 2.36. The number of piperidine rings is 1. The second-order valence-corrected chi connectivity index (χ2v) is 5.69. The summed E-state index contributed by atoms with van der Waals surface area (Å²) in [4.78, 5) is 25.8. The number of rotatable bonds is 1. The number of fused-ring (bicyclic) bond motifs is 4. The number of aromatic nitrogens is 1. The Hall–Kier alpha value is -1.84. The van der Waals surface area contributed by atoms with Gasteiger partial charge in [-0.25, -0.2) is 0 Å². The van der Waals surface area contributed by atoms with Crippen LogP contribution in [0.25, 0.3) is 0 Å². The third kappa shape index (κ3) is 2.01. The first-order valence-electron chi connectivity index (χ1n) is 6.71. The van der Waals surface area contributed by atoms with E-state index in [4.69, 9.17) is 0 Å². The highest BCUT2D eigenvalue weighted by atomic mass is 16.2. The van der Waals surface area contributed by atoms with E-state index < -0.39 is 0 Å². The van der Waals surface area contributed by atoms with Crippen molar-refractivity contribution in [2.24, 2.45) is 5.92 Å². The molecule has 0 saturated carbocycles. The lowest BCUT2D eigenvalue weighted by Gasteiger charge is -2.42. The summed E-state index contributed by atoms with van der Waals surface area (Å²) in [5, 5.41) is 0. The predicted octanol–water partition coefficient (Wildman–Crippen LogP) is 1.37. The molecule has 100 valence electrons. The Bertz CT molecular complexity index is 602. The number of amides is 1. The molecule has 2 bridgehead atoms. The maximum Gasteiger partial charge on any atom is 0.250 e. The highest BCUT2D eigenvalue weighted by molar-refractivity contribution is 5.92. The van der Waals surface area contributed by atoms with Crippen molar-refractivity contribution in [2.45, 2.75) is 25.8 Å². The number of hydrogen-bond acceptors (Lipinski definition) is 2. The standard InChI is InChI=1S/C15H18N2O2/c1-10(2)15(19)16-7-11-6-12(9-16)13-4-3-5-14(18)17(13)8-11/h3-5,11-12H,1,6-9H2,2H3/t11-,12+/m0/s1. The summed E-state index contributed by atoms with van der Waals surface area (Å²) in [6.45, 7) is 7.66. The van der Waals surface area contributed by atoms with Crippen LogP contribution in [0.5, 0.6) is 0 Å². The van der Waals surface area contributed by atoms with Gasteiger partial charge in [0.05, 0.1) is 0 Å². The molecule has 0 aliphatic carbocycles. The van der Waals surface area contributed by atoms with Gasteiger partial charge < -0.3 is 9.47 Å². The van der Waals surface area contributed by atoms with Gasteiger partial charge in [-0.1, -0.05) is 12.6 Å². The third-order valence-electron chi connectivity index (χ3n) is 4.13. The fourth-order valence-corrected chi connectivity index (χ4v) is 3.33. The molecular weight excluding hydrogens is 240 g/mol. The molecule has 2 aliphatic rings. The molecule has 0 unspecified atom stereocenters. The molecule has 1 aromatic heterocycles. The van der Waals surface area contributed by atoms with E-state index in [0.717, 1.165) is 25.2 Å². The van der Waals surface area contributed by atoms with Gasteiger partial charge in [0, 0.05) is 42.9 Å². The molecule has 1 fully saturated rings. The lowest BCUT2D eigenvalue weighted by Crippen LogP contribution is -2.49. The van der Waals surface area contributed by atoms with Crippen LogP contribution in [0.2, 0.25) is 0 Å². The summed E-state index contributed by atoms with van der Waals surface area (Å²) in [5.74, 6) is 0.709. The summed E-state index contributed by atoms with van der Waals surface area (Å²) in [6, 6.07) is 5.44. The van der Waals surface area contributed by atoms with E-state index in [9.17, 15) is 9.59 Å². The minimum atomic E-state index is 0.0430. The van der Waals surface area contributed by atoms with E-state index in [1.807, 2.05) is 21.6 Å². The van der Waals surface area contributed by atoms with Crippen molar-refractivity contribution in [1.29, 1.82) is 0 Å². The zero-order valence-electron chi connectivity index (χ0n) is 11.1. The minimum Gasteiger partial charge on any atom is -0.338 e. The number of nitrogens with zero attached hydrogens (tertiary/aromatic N) is 2. The van der Waals surface area contributed by atoms with Crippen LogP contribution in [-0.2, 0) is 11.3 Å². The first-order valence-corrected chi connectivity index (χ1v) is 6.71. The molecule has 19 heavy (non-hydrogen) atoms. The van der Waals surface area contributed by atoms with E-state index in [2.05, 4.69) is 6.58 Å². The first kappa shape index (κ1) is 12.2. The monoisotopic (exact) mass is 258 g/mol. The number of likely N-dealkylation sites (tertiary alicyclic amines) is 1. The highest BCUT2D eigenvalue weighted by Crippen LogP contribution is 2.35. The van der Waals surface area contributed by atoms with Gasteiger partial charge in [-0.3, -0.25) is 9.59 Å². The van der Waals surface area contributed by atoms with Gasteiger partial charge >= 0.3 is 0 Å². The van der Waals surface area contributed by atoms with E-state index in [0.29, 0.717) is 18.0 Å². The van der Waals surface area contributed by atoms with Crippen molar-refractivity contribution >= 4 is 5.91 Å². The van der Waals surface area contributed by atoms with Crippen LogP contribution in [0.3, 0.4) is 0 Å². The van der Waals surface area contributed by atoms with E-state index in [1.54, 1.807) is 13.0 Å². The largest absolute Gasteiger partial charge is 0.338 e. The molecule has 0 radical (unpaired) electrons. The van der Waals surface area contributed by atoms with Crippen molar-refractivity contribution < 1.29 is 4.79 Å². The molecule has 4 heteroatoms. The van der Waals surface area contributed by atoms with Gasteiger partial charge in [-0.15, -0.1) is 0 Å². The molecule has 3 rings (SSSR count). The summed E-state index contributed by atoms with van der Waals surface area (Å²) in [7, 11) is 0. The number of carbonyl (C=O) groups excluding carboxylic acids is 1. The summed E-state index contributed by atoms with van der Waals surface area (Å²) in [5.41, 5.74) is 1.74. The van der Waals surface area contributed by atoms with Crippen molar-refractivity contribution in [3.63, 3.8) is 0 Å². The van der Waals surface area contributed by atoms with Gasteiger partial charge in [0.15, 0.2) is 0 Å². The van der Waals surface area contributed by atoms with Crippen LogP contribution in [0.15, 0.2) is 35.1 Å². The predicted molar refractivity (Wildman–Crippen MR) is 72.9 cm³/mol. The molecule has 3 heterocycles. The van der Waals surface area contributed by atoms with Gasteiger partial charge in [0.2, 0.25) is 5.91 Å². The molecule has 4 nitrogen and oxygen atoms in total. The minimum absolute atomic E-state index is 0.0430. The van der Waals surface area contributed by atoms with Gasteiger partial charge in [-0.05, 0) is 25.3 Å². The van der Waals surface area contributed by atoms with E-state index >= 15 is 0 Å². The van der Waals surface area contributed by atoms with Gasteiger partial charge in [0.1, 0.15) is 0 Å². The molecule has 0 N–H and O–H groups in total. The fraction of sp³-hybridized carbons (Fsp3) is 0.467. The van der Waals surface area contributed by atoms with Crippen LogP contribution < -0.4 is 5.56 Å². The smallest absolute Gasteiger partial charge is 0.250 e. The maximum absolute atomic E-state index is 12.1. The lowest BCUT2D eigenvalue weighted by atomic mass is 9.83. The Labute approximate surface area is 112 Å². The average Bonchev–Trinajstić information content (AvgIpc) is 2.39. The van der Waals surface area contributed by atoms with Crippen molar-refractivity contribution in [2.75, 3.05) is 13.1 Å². The Balaban J connectivity index is 1.94. The zero-order chi connectivity index (χ0) is 13.6. The summed E-state index contributed by atoms with van der Waals surface area (Å²) in [6.07, 6.45) is 1.07. The van der Waals surface area contributed by atoms with Gasteiger partial charge in [0.25, 0.3) is 5.56 Å². The average molecular weight is 258 g/mol. The Morgan fingerprint density at radius 2 is 2.11 bits per heavy atom. The Morgan fingerprint density at radius 1 is 1.32 bits per heavy atom. The number of pyridine rings is 1. The number of carbonyl (C=O) groups is 1. The quantitative estimate of drug-likeness (QED) is 0.714. The number of hydrogen-bond donors (Lipinski definition) is 0. The topological polar surface area (TPSA) is 42.3 Å². The first-order chi connectivity index (χ1) is 9.06. The molecule has 0 spiro atoms. The van der Waals surface area contributed by atoms with Crippen LogP contribution in [0.1, 0.15) is 25.0 Å². The molecule has 2 aliphatic heterocycles. The van der Waals surface area contributed by atoms with Crippen molar-refractivity contribution in [3.8, 4) is 0 Å². The van der Waals surface area contributed by atoms with Crippen LogP contribution in [-0.4, -0.2) is 28.5 Å². The van der Waals surface area contributed by atoms with Crippen LogP contribution in [0, 0.1) is 5.92 Å². The molecular formula is C15H18N2O2.